The van der Waals surface area contributed by atoms with Crippen molar-refractivity contribution in [1.29, 1.82) is 0 Å². The van der Waals surface area contributed by atoms with Crippen LogP contribution < -0.4 is 26.2 Å². The van der Waals surface area contributed by atoms with Crippen molar-refractivity contribution in [3.8, 4) is 5.75 Å². The first-order valence-corrected chi connectivity index (χ1v) is 7.65. The summed E-state index contributed by atoms with van der Waals surface area (Å²) in [6.07, 6.45) is 0. The van der Waals surface area contributed by atoms with Crippen LogP contribution in [0, 0.1) is 0 Å². The van der Waals surface area contributed by atoms with Crippen LogP contribution in [0.1, 0.15) is 0 Å². The van der Waals surface area contributed by atoms with Crippen LogP contribution in [0.3, 0.4) is 0 Å². The first-order valence-electron chi connectivity index (χ1n) is 6.85. The van der Waals surface area contributed by atoms with Crippen molar-refractivity contribution in [2.75, 3.05) is 17.7 Å². The SMILES string of the molecule is COc1ccc(Nc2c(Nc3ccc(Br)cc3)c(=O)c2=O)cc1. The molecule has 0 unspecified atom stereocenters. The molecule has 6 heteroatoms. The van der Waals surface area contributed by atoms with Crippen LogP contribution >= 0.6 is 15.9 Å². The fourth-order valence-corrected chi connectivity index (χ4v) is 2.39. The Labute approximate surface area is 140 Å². The van der Waals surface area contributed by atoms with E-state index in [-0.39, 0.29) is 11.4 Å². The summed E-state index contributed by atoms with van der Waals surface area (Å²) in [6, 6.07) is 14.4. The summed E-state index contributed by atoms with van der Waals surface area (Å²) in [4.78, 5) is 23.6. The quantitative estimate of drug-likeness (QED) is 0.670. The average molecular weight is 373 g/mol. The van der Waals surface area contributed by atoms with Crippen LogP contribution in [-0.2, 0) is 0 Å². The number of ether oxygens (including phenoxy) is 1. The molecule has 0 amide bonds. The molecule has 0 heterocycles. The van der Waals surface area contributed by atoms with Gasteiger partial charge in [0.1, 0.15) is 17.1 Å². The number of hydrogen-bond acceptors (Lipinski definition) is 5. The fourth-order valence-electron chi connectivity index (χ4n) is 2.13. The second-order valence-corrected chi connectivity index (χ2v) is 5.81. The first-order chi connectivity index (χ1) is 11.1. The van der Waals surface area contributed by atoms with Gasteiger partial charge in [0.15, 0.2) is 0 Å². The molecule has 5 nitrogen and oxygen atoms in total. The molecule has 0 aromatic heterocycles. The molecular formula is C17H13BrN2O3. The maximum absolute atomic E-state index is 11.8. The van der Waals surface area contributed by atoms with Gasteiger partial charge in [-0.05, 0) is 48.5 Å². The van der Waals surface area contributed by atoms with Gasteiger partial charge in [-0.3, -0.25) is 9.59 Å². The normalized spacial score (nSPS) is 10.5. The van der Waals surface area contributed by atoms with E-state index < -0.39 is 10.9 Å². The molecule has 2 N–H and O–H groups in total. The van der Waals surface area contributed by atoms with Crippen molar-refractivity contribution in [2.24, 2.45) is 0 Å². The van der Waals surface area contributed by atoms with Gasteiger partial charge in [-0.1, -0.05) is 15.9 Å². The summed E-state index contributed by atoms with van der Waals surface area (Å²) in [6.45, 7) is 0. The molecule has 0 aliphatic heterocycles. The van der Waals surface area contributed by atoms with Crippen molar-refractivity contribution in [2.45, 2.75) is 0 Å². The summed E-state index contributed by atoms with van der Waals surface area (Å²) in [5.74, 6) is 0.716. The molecule has 0 saturated heterocycles. The molecule has 0 aliphatic rings. The molecule has 0 radical (unpaired) electrons. The molecule has 0 saturated carbocycles. The van der Waals surface area contributed by atoms with Crippen LogP contribution in [0.4, 0.5) is 22.7 Å². The third kappa shape index (κ3) is 3.12. The van der Waals surface area contributed by atoms with E-state index in [1.165, 1.54) is 0 Å². The summed E-state index contributed by atoms with van der Waals surface area (Å²) >= 11 is 3.35. The first kappa shape index (κ1) is 15.3. The minimum Gasteiger partial charge on any atom is -0.497 e. The van der Waals surface area contributed by atoms with Crippen LogP contribution in [0.25, 0.3) is 0 Å². The number of halogens is 1. The highest BCUT2D eigenvalue weighted by Crippen LogP contribution is 2.26. The van der Waals surface area contributed by atoms with Gasteiger partial charge in [0.25, 0.3) is 10.9 Å². The van der Waals surface area contributed by atoms with Gasteiger partial charge in [0.2, 0.25) is 0 Å². The Kier molecular flexibility index (Phi) is 4.16. The van der Waals surface area contributed by atoms with Crippen LogP contribution in [0.2, 0.25) is 0 Å². The van der Waals surface area contributed by atoms with Crippen molar-refractivity contribution in [3.63, 3.8) is 0 Å². The number of hydrogen-bond donors (Lipinski definition) is 2. The summed E-state index contributed by atoms with van der Waals surface area (Å²) in [7, 11) is 1.58. The summed E-state index contributed by atoms with van der Waals surface area (Å²) < 4.78 is 6.02. The van der Waals surface area contributed by atoms with Gasteiger partial charge in [-0.15, -0.1) is 0 Å². The van der Waals surface area contributed by atoms with E-state index >= 15 is 0 Å². The Balaban J connectivity index is 1.83. The second-order valence-electron chi connectivity index (χ2n) is 4.89. The van der Waals surface area contributed by atoms with E-state index in [9.17, 15) is 9.59 Å². The van der Waals surface area contributed by atoms with Crippen molar-refractivity contribution < 1.29 is 4.74 Å². The molecule has 116 valence electrons. The van der Waals surface area contributed by atoms with Crippen LogP contribution in [0.5, 0.6) is 5.75 Å². The minimum atomic E-state index is -0.527. The molecular weight excluding hydrogens is 360 g/mol. The highest BCUT2D eigenvalue weighted by atomic mass is 79.9. The van der Waals surface area contributed by atoms with E-state index in [0.29, 0.717) is 11.4 Å². The van der Waals surface area contributed by atoms with Crippen LogP contribution in [0.15, 0.2) is 62.6 Å². The zero-order valence-corrected chi connectivity index (χ0v) is 13.8. The Morgan fingerprint density at radius 1 is 0.783 bits per heavy atom. The van der Waals surface area contributed by atoms with E-state index in [0.717, 1.165) is 10.2 Å². The second kappa shape index (κ2) is 6.26. The van der Waals surface area contributed by atoms with Crippen molar-refractivity contribution >= 4 is 38.7 Å². The molecule has 3 aromatic carbocycles. The van der Waals surface area contributed by atoms with Crippen molar-refractivity contribution in [3.05, 3.63) is 73.5 Å². The maximum atomic E-state index is 11.8. The third-order valence-electron chi connectivity index (χ3n) is 3.38. The Hall–Kier alpha value is -2.60. The van der Waals surface area contributed by atoms with Crippen LogP contribution in [-0.4, -0.2) is 7.11 Å². The van der Waals surface area contributed by atoms with E-state index in [1.54, 1.807) is 31.4 Å². The number of rotatable bonds is 5. The van der Waals surface area contributed by atoms with Gasteiger partial charge >= 0.3 is 0 Å². The highest BCUT2D eigenvalue weighted by Gasteiger charge is 2.21. The Morgan fingerprint density at radius 2 is 1.22 bits per heavy atom. The predicted molar refractivity (Wildman–Crippen MR) is 95.1 cm³/mol. The van der Waals surface area contributed by atoms with Gasteiger partial charge in [-0.2, -0.15) is 0 Å². The molecule has 0 bridgehead atoms. The fraction of sp³-hybridized carbons (Fsp3) is 0.0588. The highest BCUT2D eigenvalue weighted by molar-refractivity contribution is 9.10. The predicted octanol–water partition coefficient (Wildman–Crippen LogP) is 3.54. The molecule has 0 aliphatic carbocycles. The standard InChI is InChI=1S/C17H13BrN2O3/c1-23-13-8-6-12(7-9-13)20-15-14(16(21)17(15)22)19-11-4-2-10(18)3-5-11/h2-9,19-20H,1H3. The molecule has 0 spiro atoms. The number of anilines is 4. The van der Waals surface area contributed by atoms with Gasteiger partial charge in [0, 0.05) is 15.8 Å². The van der Waals surface area contributed by atoms with E-state index in [1.807, 2.05) is 24.3 Å². The number of nitrogens with one attached hydrogen (secondary N) is 2. The van der Waals surface area contributed by atoms with E-state index in [4.69, 9.17) is 4.74 Å². The molecule has 0 atom stereocenters. The zero-order chi connectivity index (χ0) is 16.4. The van der Waals surface area contributed by atoms with Crippen molar-refractivity contribution in [1.82, 2.24) is 0 Å². The summed E-state index contributed by atoms with van der Waals surface area (Å²) in [5.41, 5.74) is 0.926. The van der Waals surface area contributed by atoms with E-state index in [2.05, 4.69) is 26.6 Å². The Morgan fingerprint density at radius 3 is 1.65 bits per heavy atom. The van der Waals surface area contributed by atoms with Gasteiger partial charge in [-0.25, -0.2) is 0 Å². The molecule has 3 rings (SSSR count). The largest absolute Gasteiger partial charge is 0.497 e. The van der Waals surface area contributed by atoms with Gasteiger partial charge in [0.05, 0.1) is 7.11 Å². The molecule has 23 heavy (non-hydrogen) atoms. The molecule has 0 fully saturated rings. The number of benzene rings is 2. The van der Waals surface area contributed by atoms with Gasteiger partial charge < -0.3 is 15.4 Å². The lowest BCUT2D eigenvalue weighted by atomic mass is 10.1. The lowest BCUT2D eigenvalue weighted by molar-refractivity contribution is 0.415. The zero-order valence-electron chi connectivity index (χ0n) is 12.2. The number of methoxy groups -OCH3 is 1. The molecule has 3 aromatic rings. The monoisotopic (exact) mass is 372 g/mol. The lowest BCUT2D eigenvalue weighted by Crippen LogP contribution is -2.35. The summed E-state index contributed by atoms with van der Waals surface area (Å²) in [5, 5.41) is 5.95. The lowest BCUT2D eigenvalue weighted by Gasteiger charge is -2.15. The Bertz CT molecular complexity index is 895. The third-order valence-corrected chi connectivity index (χ3v) is 3.91. The minimum absolute atomic E-state index is 0.267. The smallest absolute Gasteiger partial charge is 0.253 e. The average Bonchev–Trinajstić information content (AvgIpc) is 2.59. The topological polar surface area (TPSA) is 67.4 Å². The maximum Gasteiger partial charge on any atom is 0.253 e.